The van der Waals surface area contributed by atoms with Gasteiger partial charge in [0.25, 0.3) is 0 Å². The van der Waals surface area contributed by atoms with E-state index in [-0.39, 0.29) is 11.8 Å². The molecule has 2 N–H and O–H groups in total. The van der Waals surface area contributed by atoms with Crippen molar-refractivity contribution in [2.24, 2.45) is 11.7 Å². The fraction of sp³-hybridized carbons (Fsp3) is 0.667. The Kier molecular flexibility index (Phi) is 2.67. The number of hydrogen-bond acceptors (Lipinski definition) is 2. The lowest BCUT2D eigenvalue weighted by Gasteiger charge is -2.11. The van der Waals surface area contributed by atoms with Crippen LogP contribution in [0.5, 0.6) is 0 Å². The van der Waals surface area contributed by atoms with Crippen LogP contribution in [0.2, 0.25) is 0 Å². The van der Waals surface area contributed by atoms with E-state index in [4.69, 9.17) is 12.2 Å². The molecule has 2 nitrogen and oxygen atoms in total. The molecule has 0 amide bonds. The van der Waals surface area contributed by atoms with Crippen molar-refractivity contribution < 1.29 is 4.79 Å². The zero-order valence-corrected chi connectivity index (χ0v) is 6.55. The molecule has 0 heterocycles. The molecule has 11 heavy (non-hydrogen) atoms. The second-order valence-corrected chi connectivity index (χ2v) is 3.13. The van der Waals surface area contributed by atoms with E-state index in [2.05, 4.69) is 5.92 Å². The molecule has 0 spiro atoms. The molecule has 1 aliphatic carbocycles. The van der Waals surface area contributed by atoms with Gasteiger partial charge in [0.05, 0.1) is 0 Å². The summed E-state index contributed by atoms with van der Waals surface area (Å²) in [5, 5.41) is 0. The predicted octanol–water partition coefficient (Wildman–Crippen LogP) is 0.706. The largest absolute Gasteiger partial charge is 0.327 e. The van der Waals surface area contributed by atoms with Crippen LogP contribution >= 0.6 is 0 Å². The topological polar surface area (TPSA) is 43.1 Å². The zero-order chi connectivity index (χ0) is 8.27. The number of nitrogens with two attached hydrogens (primary N) is 1. The SMILES string of the molecule is C#CC(=O)C[C@@H]1CCC[C@H]1N. The average molecular weight is 151 g/mol. The lowest BCUT2D eigenvalue weighted by molar-refractivity contribution is -0.114. The molecule has 2 atom stereocenters. The summed E-state index contributed by atoms with van der Waals surface area (Å²) in [7, 11) is 0. The quantitative estimate of drug-likeness (QED) is 0.466. The van der Waals surface area contributed by atoms with Gasteiger partial charge < -0.3 is 5.73 Å². The molecule has 0 saturated heterocycles. The van der Waals surface area contributed by atoms with Crippen LogP contribution in [0.25, 0.3) is 0 Å². The second kappa shape index (κ2) is 3.54. The number of hydrogen-bond donors (Lipinski definition) is 1. The summed E-state index contributed by atoms with van der Waals surface area (Å²) in [5.74, 6) is 2.36. The molecule has 2 heteroatoms. The number of Topliss-reactive ketones (excluding diaryl/α,β-unsaturated/α-hetero) is 1. The van der Waals surface area contributed by atoms with Gasteiger partial charge in [-0.2, -0.15) is 0 Å². The highest BCUT2D eigenvalue weighted by Crippen LogP contribution is 2.26. The molecule has 1 aliphatic rings. The smallest absolute Gasteiger partial charge is 0.205 e. The maximum Gasteiger partial charge on any atom is 0.205 e. The Balaban J connectivity index is 2.38. The summed E-state index contributed by atoms with van der Waals surface area (Å²) < 4.78 is 0. The minimum Gasteiger partial charge on any atom is -0.327 e. The van der Waals surface area contributed by atoms with Crippen LogP contribution in [0.3, 0.4) is 0 Å². The maximum atomic E-state index is 10.8. The normalized spacial score (nSPS) is 29.8. The summed E-state index contributed by atoms with van der Waals surface area (Å²) in [5.41, 5.74) is 5.76. The first-order valence-corrected chi connectivity index (χ1v) is 3.99. The minimum absolute atomic E-state index is 0.104. The first kappa shape index (κ1) is 8.29. The van der Waals surface area contributed by atoms with Gasteiger partial charge in [-0.15, -0.1) is 6.42 Å². The monoisotopic (exact) mass is 151 g/mol. The molecule has 0 aliphatic heterocycles. The number of terminal acetylenes is 1. The van der Waals surface area contributed by atoms with Crippen LogP contribution in [0.1, 0.15) is 25.7 Å². The summed E-state index contributed by atoms with van der Waals surface area (Å²) in [6.45, 7) is 0. The van der Waals surface area contributed by atoms with Crippen LogP contribution in [0, 0.1) is 18.3 Å². The van der Waals surface area contributed by atoms with Gasteiger partial charge in [-0.3, -0.25) is 4.79 Å². The minimum atomic E-state index is -0.104. The summed E-state index contributed by atoms with van der Waals surface area (Å²) >= 11 is 0. The summed E-state index contributed by atoms with van der Waals surface area (Å²) in [4.78, 5) is 10.8. The lowest BCUT2D eigenvalue weighted by Crippen LogP contribution is -2.25. The van der Waals surface area contributed by atoms with Crippen LogP contribution in [-0.2, 0) is 4.79 Å². The summed E-state index contributed by atoms with van der Waals surface area (Å²) in [6.07, 6.45) is 8.69. The average Bonchev–Trinajstić information content (AvgIpc) is 2.37. The van der Waals surface area contributed by atoms with Crippen LogP contribution < -0.4 is 5.73 Å². The highest BCUT2D eigenvalue weighted by atomic mass is 16.1. The second-order valence-electron chi connectivity index (χ2n) is 3.13. The molecule has 0 radical (unpaired) electrons. The Bertz CT molecular complexity index is 192. The lowest BCUT2D eigenvalue weighted by atomic mass is 9.98. The van der Waals surface area contributed by atoms with Gasteiger partial charge in [0.1, 0.15) is 0 Å². The molecular formula is C9H13NO. The molecule has 0 aromatic rings. The number of carbonyl (C=O) groups excluding carboxylic acids is 1. The molecule has 0 aromatic carbocycles. The van der Waals surface area contributed by atoms with E-state index in [1.165, 1.54) is 0 Å². The summed E-state index contributed by atoms with van der Waals surface area (Å²) in [6, 6.07) is 0.201. The van der Waals surface area contributed by atoms with Gasteiger partial charge >= 0.3 is 0 Å². The Labute approximate surface area is 67.2 Å². The van der Waals surface area contributed by atoms with Gasteiger partial charge in [0.15, 0.2) is 0 Å². The molecule has 1 fully saturated rings. The van der Waals surface area contributed by atoms with Crippen LogP contribution in [-0.4, -0.2) is 11.8 Å². The van der Waals surface area contributed by atoms with Gasteiger partial charge in [-0.25, -0.2) is 0 Å². The third-order valence-electron chi connectivity index (χ3n) is 2.33. The highest BCUT2D eigenvalue weighted by Gasteiger charge is 2.25. The standard InChI is InChI=1S/C9H13NO/c1-2-8(11)6-7-4-3-5-9(7)10/h1,7,9H,3-6,10H2/t7-,9+/m0/s1. The molecule has 1 saturated carbocycles. The van der Waals surface area contributed by atoms with Crippen molar-refractivity contribution in [1.82, 2.24) is 0 Å². The van der Waals surface area contributed by atoms with Crippen LogP contribution in [0.4, 0.5) is 0 Å². The molecule has 0 bridgehead atoms. The van der Waals surface area contributed by atoms with Crippen molar-refractivity contribution in [1.29, 1.82) is 0 Å². The maximum absolute atomic E-state index is 10.8. The molecule has 60 valence electrons. The third kappa shape index (κ3) is 2.06. The van der Waals surface area contributed by atoms with Gasteiger partial charge in [-0.1, -0.05) is 6.42 Å². The Hall–Kier alpha value is -0.810. The van der Waals surface area contributed by atoms with E-state index < -0.39 is 0 Å². The van der Waals surface area contributed by atoms with Gasteiger partial charge in [-0.05, 0) is 24.7 Å². The molecule has 0 aromatic heterocycles. The van der Waals surface area contributed by atoms with Gasteiger partial charge in [0, 0.05) is 12.5 Å². The number of carbonyl (C=O) groups is 1. The molecular weight excluding hydrogens is 138 g/mol. The van der Waals surface area contributed by atoms with Crippen molar-refractivity contribution in [3.05, 3.63) is 0 Å². The molecule has 0 unspecified atom stereocenters. The van der Waals surface area contributed by atoms with Crippen molar-refractivity contribution in [2.75, 3.05) is 0 Å². The number of rotatable bonds is 2. The Morgan fingerprint density at radius 2 is 2.36 bits per heavy atom. The van der Waals surface area contributed by atoms with E-state index in [1.807, 2.05) is 0 Å². The molecule has 1 rings (SSSR count). The van der Waals surface area contributed by atoms with Gasteiger partial charge in [0.2, 0.25) is 5.78 Å². The van der Waals surface area contributed by atoms with Crippen molar-refractivity contribution >= 4 is 5.78 Å². The fourth-order valence-corrected chi connectivity index (χ4v) is 1.62. The first-order chi connectivity index (χ1) is 5.24. The van der Waals surface area contributed by atoms with E-state index >= 15 is 0 Å². The zero-order valence-electron chi connectivity index (χ0n) is 6.55. The van der Waals surface area contributed by atoms with E-state index in [9.17, 15) is 4.79 Å². The van der Waals surface area contributed by atoms with E-state index in [1.54, 1.807) is 0 Å². The van der Waals surface area contributed by atoms with Crippen LogP contribution in [0.15, 0.2) is 0 Å². The number of ketones is 1. The highest BCUT2D eigenvalue weighted by molar-refractivity contribution is 5.95. The third-order valence-corrected chi connectivity index (χ3v) is 2.33. The first-order valence-electron chi connectivity index (χ1n) is 3.99. The van der Waals surface area contributed by atoms with E-state index in [0.29, 0.717) is 12.3 Å². The Morgan fingerprint density at radius 3 is 2.82 bits per heavy atom. The van der Waals surface area contributed by atoms with Crippen molar-refractivity contribution in [3.63, 3.8) is 0 Å². The Morgan fingerprint density at radius 1 is 1.64 bits per heavy atom. The fourth-order valence-electron chi connectivity index (χ4n) is 1.62. The van der Waals surface area contributed by atoms with E-state index in [0.717, 1.165) is 19.3 Å². The van der Waals surface area contributed by atoms with Crippen molar-refractivity contribution in [3.8, 4) is 12.3 Å². The predicted molar refractivity (Wildman–Crippen MR) is 43.8 cm³/mol. The van der Waals surface area contributed by atoms with Crippen molar-refractivity contribution in [2.45, 2.75) is 31.7 Å².